The molecule has 74 heavy (non-hydrogen) atoms. The highest BCUT2D eigenvalue weighted by Gasteiger charge is 2.24. The third kappa shape index (κ3) is 58.1. The van der Waals surface area contributed by atoms with Gasteiger partial charge in [0.15, 0.2) is 0 Å². The average Bonchev–Trinajstić information content (AvgIpc) is 3.36. The Labute approximate surface area is 460 Å². The fourth-order valence-corrected chi connectivity index (χ4v) is 10.3. The first-order chi connectivity index (χ1) is 36.0. The van der Waals surface area contributed by atoms with Crippen LogP contribution in [0.1, 0.15) is 309 Å². The minimum Gasteiger partial charge on any atom is -0.756 e. The summed E-state index contributed by atoms with van der Waals surface area (Å²) < 4.78 is 23.5. The van der Waals surface area contributed by atoms with Crippen molar-refractivity contribution in [1.29, 1.82) is 0 Å². The molecule has 0 aromatic heterocycles. The molecule has 9 heteroatoms. The Kier molecular flexibility index (Phi) is 55.0. The Hall–Kier alpha value is -1.54. The van der Waals surface area contributed by atoms with Crippen LogP contribution in [0, 0.1) is 0 Å². The Morgan fingerprint density at radius 1 is 0.486 bits per heavy atom. The second-order valence-corrected chi connectivity index (χ2v) is 24.5. The van der Waals surface area contributed by atoms with Crippen LogP contribution in [0.2, 0.25) is 0 Å². The number of amides is 1. The number of phosphoric acid groups is 1. The number of hydrogen-bond acceptors (Lipinski definition) is 6. The largest absolute Gasteiger partial charge is 0.756 e. The van der Waals surface area contributed by atoms with Crippen LogP contribution in [0.3, 0.4) is 0 Å². The number of aliphatic hydroxyl groups excluding tert-OH is 1. The summed E-state index contributed by atoms with van der Waals surface area (Å²) in [6.07, 6.45) is 74.5. The van der Waals surface area contributed by atoms with Gasteiger partial charge in [0.2, 0.25) is 5.91 Å². The van der Waals surface area contributed by atoms with Crippen molar-refractivity contribution in [3.05, 3.63) is 48.6 Å². The van der Waals surface area contributed by atoms with Gasteiger partial charge in [-0.3, -0.25) is 9.36 Å². The Bertz CT molecular complexity index is 1340. The van der Waals surface area contributed by atoms with Gasteiger partial charge in [-0.15, -0.1) is 0 Å². The maximum Gasteiger partial charge on any atom is 0.268 e. The Balaban J connectivity index is 4.05. The molecule has 0 aliphatic carbocycles. The van der Waals surface area contributed by atoms with Crippen molar-refractivity contribution in [2.45, 2.75) is 321 Å². The van der Waals surface area contributed by atoms with Crippen molar-refractivity contribution in [2.24, 2.45) is 0 Å². The lowest BCUT2D eigenvalue weighted by atomic mass is 10.0. The van der Waals surface area contributed by atoms with E-state index in [1.165, 1.54) is 218 Å². The molecule has 0 aliphatic rings. The molecule has 0 spiro atoms. The Morgan fingerprint density at radius 2 is 0.824 bits per heavy atom. The summed E-state index contributed by atoms with van der Waals surface area (Å²) in [6, 6.07) is -0.801. The second-order valence-electron chi connectivity index (χ2n) is 23.1. The maximum atomic E-state index is 13.0. The molecule has 0 heterocycles. The van der Waals surface area contributed by atoms with Crippen molar-refractivity contribution in [3.63, 3.8) is 0 Å². The molecule has 0 aromatic carbocycles. The van der Waals surface area contributed by atoms with Crippen molar-refractivity contribution in [2.75, 3.05) is 40.9 Å². The first kappa shape index (κ1) is 72.5. The van der Waals surface area contributed by atoms with E-state index in [1.54, 1.807) is 0 Å². The standard InChI is InChI=1S/C65H125N2O6P/c1-6-8-10-12-14-16-18-20-22-24-26-28-29-30-31-32-33-34-35-36-37-39-41-43-45-47-49-51-53-55-57-59-65(69)66-63(62-73-74(70,71)72-61-60-67(3,4)5)64(68)58-56-54-52-50-48-46-44-42-40-38-27-25-23-21-19-17-15-13-11-9-7-2/h8,10,14,16,20,22,26,28,63-64,68H,6-7,9,11-13,15,17-19,21,23-25,27,29-62H2,1-5H3,(H-,66,69,70,71)/b10-8-,16-14-,22-20-,28-26-. The van der Waals surface area contributed by atoms with Crippen molar-refractivity contribution in [1.82, 2.24) is 5.32 Å². The van der Waals surface area contributed by atoms with E-state index in [1.807, 2.05) is 21.1 Å². The molecule has 0 saturated heterocycles. The van der Waals surface area contributed by atoms with Gasteiger partial charge in [-0.05, 0) is 51.4 Å². The molecule has 2 N–H and O–H groups in total. The highest BCUT2D eigenvalue weighted by Crippen LogP contribution is 2.38. The lowest BCUT2D eigenvalue weighted by Gasteiger charge is -2.30. The van der Waals surface area contributed by atoms with E-state index in [0.717, 1.165) is 64.2 Å². The number of carbonyl (C=O) groups is 1. The van der Waals surface area contributed by atoms with E-state index < -0.39 is 20.0 Å². The van der Waals surface area contributed by atoms with Gasteiger partial charge < -0.3 is 28.8 Å². The fourth-order valence-electron chi connectivity index (χ4n) is 9.62. The molecule has 436 valence electrons. The molecule has 1 amide bonds. The molecule has 0 fully saturated rings. The van der Waals surface area contributed by atoms with Gasteiger partial charge in [-0.1, -0.05) is 300 Å². The SMILES string of the molecule is CC/C=C\C/C=C\C/C=C\C/C=C\CCCCCCCCCCCCCCCCCCCCC(=O)NC(COP(=O)([O-])OCC[N+](C)(C)C)C(O)CCCCCCCCCCCCCCCCCCCCCCC. The van der Waals surface area contributed by atoms with Crippen molar-refractivity contribution >= 4 is 13.7 Å². The summed E-state index contributed by atoms with van der Waals surface area (Å²) in [4.78, 5) is 25.6. The van der Waals surface area contributed by atoms with Gasteiger partial charge in [0.25, 0.3) is 7.82 Å². The lowest BCUT2D eigenvalue weighted by molar-refractivity contribution is -0.870. The van der Waals surface area contributed by atoms with E-state index in [2.05, 4.69) is 67.8 Å². The molecular formula is C65H125N2O6P. The van der Waals surface area contributed by atoms with Crippen LogP contribution in [-0.4, -0.2) is 68.5 Å². The van der Waals surface area contributed by atoms with Gasteiger partial charge in [0, 0.05) is 6.42 Å². The highest BCUT2D eigenvalue weighted by atomic mass is 31.2. The van der Waals surface area contributed by atoms with E-state index in [4.69, 9.17) is 9.05 Å². The zero-order valence-electron chi connectivity index (χ0n) is 49.8. The molecule has 3 atom stereocenters. The number of nitrogens with zero attached hydrogens (tertiary/aromatic N) is 1. The van der Waals surface area contributed by atoms with Crippen LogP contribution >= 0.6 is 7.82 Å². The first-order valence-electron chi connectivity index (χ1n) is 32.0. The number of nitrogens with one attached hydrogen (secondary N) is 1. The summed E-state index contributed by atoms with van der Waals surface area (Å²) in [6.45, 7) is 4.65. The average molecular weight is 1060 g/mol. The van der Waals surface area contributed by atoms with Crippen LogP contribution in [-0.2, 0) is 18.4 Å². The number of allylic oxidation sites excluding steroid dienone is 8. The third-order valence-corrected chi connectivity index (χ3v) is 15.5. The molecule has 0 rings (SSSR count). The predicted molar refractivity (Wildman–Crippen MR) is 321 cm³/mol. The summed E-state index contributed by atoms with van der Waals surface area (Å²) in [5.74, 6) is -0.160. The minimum atomic E-state index is -4.58. The number of rotatable bonds is 59. The predicted octanol–water partition coefficient (Wildman–Crippen LogP) is 19.2. The second kappa shape index (κ2) is 56.2. The zero-order chi connectivity index (χ0) is 54.2. The number of unbranched alkanes of at least 4 members (excludes halogenated alkanes) is 38. The van der Waals surface area contributed by atoms with Gasteiger partial charge in [0.05, 0.1) is 39.9 Å². The van der Waals surface area contributed by atoms with Crippen molar-refractivity contribution in [3.8, 4) is 0 Å². The van der Waals surface area contributed by atoms with Crippen LogP contribution in [0.15, 0.2) is 48.6 Å². The maximum absolute atomic E-state index is 13.0. The first-order valence-corrected chi connectivity index (χ1v) is 33.4. The number of likely N-dealkylation sites (N-methyl/N-ethyl adjacent to an activating group) is 1. The lowest BCUT2D eigenvalue weighted by Crippen LogP contribution is -2.46. The molecule has 0 radical (unpaired) electrons. The highest BCUT2D eigenvalue weighted by molar-refractivity contribution is 7.45. The van der Waals surface area contributed by atoms with E-state index in [0.29, 0.717) is 23.9 Å². The number of carbonyl (C=O) groups excluding carboxylic acids is 1. The molecule has 0 aromatic rings. The quantitative estimate of drug-likeness (QED) is 0.0272. The number of phosphoric ester groups is 1. The van der Waals surface area contributed by atoms with Gasteiger partial charge in [-0.25, -0.2) is 0 Å². The van der Waals surface area contributed by atoms with Gasteiger partial charge >= 0.3 is 0 Å². The Morgan fingerprint density at radius 3 is 1.20 bits per heavy atom. The smallest absolute Gasteiger partial charge is 0.268 e. The van der Waals surface area contributed by atoms with E-state index in [9.17, 15) is 19.4 Å². The number of quaternary nitrogens is 1. The van der Waals surface area contributed by atoms with E-state index in [-0.39, 0.29) is 19.1 Å². The molecule has 8 nitrogen and oxygen atoms in total. The van der Waals surface area contributed by atoms with Gasteiger partial charge in [-0.2, -0.15) is 0 Å². The molecule has 0 saturated carbocycles. The summed E-state index contributed by atoms with van der Waals surface area (Å²) in [7, 11) is 1.32. The van der Waals surface area contributed by atoms with E-state index >= 15 is 0 Å². The summed E-state index contributed by atoms with van der Waals surface area (Å²) in [5, 5.41) is 14.1. The minimum absolute atomic E-state index is 0.0133. The van der Waals surface area contributed by atoms with Crippen LogP contribution in [0.4, 0.5) is 0 Å². The van der Waals surface area contributed by atoms with Gasteiger partial charge in [0.1, 0.15) is 13.2 Å². The summed E-state index contributed by atoms with van der Waals surface area (Å²) >= 11 is 0. The number of aliphatic hydroxyl groups is 1. The van der Waals surface area contributed by atoms with Crippen LogP contribution in [0.25, 0.3) is 0 Å². The van der Waals surface area contributed by atoms with Crippen molar-refractivity contribution < 1.29 is 32.9 Å². The molecule has 0 aliphatic heterocycles. The molecular weight excluding hydrogens is 936 g/mol. The van der Waals surface area contributed by atoms with Crippen LogP contribution in [0.5, 0.6) is 0 Å². The van der Waals surface area contributed by atoms with Crippen LogP contribution < -0.4 is 10.2 Å². The topological polar surface area (TPSA) is 108 Å². The summed E-state index contributed by atoms with van der Waals surface area (Å²) in [5.41, 5.74) is 0. The number of hydrogen-bond donors (Lipinski definition) is 2. The molecule has 3 unspecified atom stereocenters. The zero-order valence-corrected chi connectivity index (χ0v) is 50.7. The fraction of sp³-hybridized carbons (Fsp3) is 0.862. The normalized spacial score (nSPS) is 14.1. The molecule has 0 bridgehead atoms. The third-order valence-electron chi connectivity index (χ3n) is 14.6. The monoisotopic (exact) mass is 1060 g/mol.